The van der Waals surface area contributed by atoms with Crippen molar-refractivity contribution in [3.05, 3.63) is 0 Å². The summed E-state index contributed by atoms with van der Waals surface area (Å²) >= 11 is 0. The van der Waals surface area contributed by atoms with E-state index in [0.29, 0.717) is 19.3 Å². The van der Waals surface area contributed by atoms with Crippen LogP contribution < -0.4 is 0 Å². The topological polar surface area (TPSA) is 208 Å². The molecule has 2 heterocycles. The molecule has 0 radical (unpaired) electrons. The third kappa shape index (κ3) is 7.08. The van der Waals surface area contributed by atoms with Crippen LogP contribution in [0.15, 0.2) is 0 Å². The lowest BCUT2D eigenvalue weighted by atomic mass is 9.43. The molecular weight excluding hydrogens is 664 g/mol. The molecule has 6 rings (SSSR count). The highest BCUT2D eigenvalue weighted by Crippen LogP contribution is 2.68. The number of aliphatic hydroxyl groups is 8. The summed E-state index contributed by atoms with van der Waals surface area (Å²) in [7, 11) is 1.42. The predicted octanol–water partition coefficient (Wildman–Crippen LogP) is 0.933. The van der Waals surface area contributed by atoms with Crippen molar-refractivity contribution in [2.45, 2.75) is 166 Å². The van der Waals surface area contributed by atoms with Crippen molar-refractivity contribution in [3.63, 3.8) is 0 Å². The quantitative estimate of drug-likeness (QED) is 0.140. The standard InChI is InChI=1S/C38H66O13/c1-17(2)25(49-35-33(46)32(45)27(15-39)51-35)8-7-18(3)21-14-23(41)28-19-13-22(40)29-31(44)26(50-36-34(47-6)30(43)24(42)16-48-36)10-12-37(29,4)20(19)9-11-38(21,28)5/h17-36,39-46H,7-16H2,1-6H3. The fourth-order valence-electron chi connectivity index (χ4n) is 12.2. The zero-order valence-electron chi connectivity index (χ0n) is 31.2. The number of hydrogen-bond acceptors (Lipinski definition) is 13. The number of fused-ring (bicyclic) bond motifs is 5. The van der Waals surface area contributed by atoms with E-state index in [4.69, 9.17) is 23.7 Å². The first-order valence-electron chi connectivity index (χ1n) is 19.5. The summed E-state index contributed by atoms with van der Waals surface area (Å²) in [5.74, 6) is 0.652. The van der Waals surface area contributed by atoms with E-state index in [0.717, 1.165) is 32.1 Å². The van der Waals surface area contributed by atoms with Crippen LogP contribution in [0.25, 0.3) is 0 Å². The second-order valence-corrected chi connectivity index (χ2v) is 17.9. The molecule has 2 aliphatic heterocycles. The Bertz CT molecular complexity index is 1160. The van der Waals surface area contributed by atoms with E-state index in [1.165, 1.54) is 7.11 Å². The molecule has 4 saturated carbocycles. The lowest BCUT2D eigenvalue weighted by molar-refractivity contribution is -0.310. The van der Waals surface area contributed by atoms with Gasteiger partial charge < -0.3 is 64.5 Å². The van der Waals surface area contributed by atoms with Crippen LogP contribution in [0.3, 0.4) is 0 Å². The molecule has 0 bridgehead atoms. The van der Waals surface area contributed by atoms with E-state index in [1.807, 2.05) is 0 Å². The van der Waals surface area contributed by atoms with E-state index >= 15 is 0 Å². The number of aliphatic hydroxyl groups excluding tert-OH is 8. The average Bonchev–Trinajstić information content (AvgIpc) is 3.52. The van der Waals surface area contributed by atoms with Gasteiger partial charge in [0.1, 0.15) is 36.6 Å². The summed E-state index contributed by atoms with van der Waals surface area (Å²) in [4.78, 5) is 0. The van der Waals surface area contributed by atoms with Crippen LogP contribution in [0.1, 0.15) is 86.0 Å². The fraction of sp³-hybridized carbons (Fsp3) is 1.00. The van der Waals surface area contributed by atoms with Gasteiger partial charge in [-0.2, -0.15) is 0 Å². The van der Waals surface area contributed by atoms with Gasteiger partial charge in [-0.3, -0.25) is 0 Å². The molecule has 8 N–H and O–H groups in total. The lowest BCUT2D eigenvalue weighted by Gasteiger charge is -2.63. The molecule has 0 aromatic heterocycles. The maximum absolute atomic E-state index is 11.8. The summed E-state index contributed by atoms with van der Waals surface area (Å²) in [5, 5.41) is 86.1. The Kier molecular flexibility index (Phi) is 12.2. The van der Waals surface area contributed by atoms with Gasteiger partial charge in [0.05, 0.1) is 43.7 Å². The Balaban J connectivity index is 1.11. The molecule has 13 heteroatoms. The van der Waals surface area contributed by atoms with E-state index in [-0.39, 0.29) is 59.0 Å². The van der Waals surface area contributed by atoms with Gasteiger partial charge in [0.2, 0.25) is 0 Å². The highest BCUT2D eigenvalue weighted by atomic mass is 16.7. The summed E-state index contributed by atoms with van der Waals surface area (Å²) in [6.07, 6.45) is -5.53. The number of hydrogen-bond donors (Lipinski definition) is 8. The lowest BCUT2D eigenvalue weighted by Crippen LogP contribution is -2.64. The predicted molar refractivity (Wildman–Crippen MR) is 183 cm³/mol. The summed E-state index contributed by atoms with van der Waals surface area (Å²) < 4.78 is 29.1. The molecule has 0 aromatic rings. The van der Waals surface area contributed by atoms with Gasteiger partial charge in [-0.15, -0.1) is 0 Å². The molecule has 6 aliphatic rings. The van der Waals surface area contributed by atoms with Crippen molar-refractivity contribution in [3.8, 4) is 0 Å². The number of ether oxygens (including phenoxy) is 5. The molecule has 0 aromatic carbocycles. The van der Waals surface area contributed by atoms with Crippen molar-refractivity contribution in [2.75, 3.05) is 20.3 Å². The van der Waals surface area contributed by atoms with E-state index < -0.39 is 86.1 Å². The molecule has 4 aliphatic carbocycles. The van der Waals surface area contributed by atoms with Crippen molar-refractivity contribution in [1.29, 1.82) is 0 Å². The first-order chi connectivity index (χ1) is 24.1. The van der Waals surface area contributed by atoms with Crippen molar-refractivity contribution in [1.82, 2.24) is 0 Å². The average molecular weight is 731 g/mol. The minimum Gasteiger partial charge on any atom is -0.394 e. The highest BCUT2D eigenvalue weighted by molar-refractivity contribution is 5.15. The van der Waals surface area contributed by atoms with Gasteiger partial charge in [0.25, 0.3) is 0 Å². The van der Waals surface area contributed by atoms with Gasteiger partial charge in [0, 0.05) is 13.0 Å². The van der Waals surface area contributed by atoms with Crippen molar-refractivity contribution >= 4 is 0 Å². The zero-order chi connectivity index (χ0) is 37.2. The van der Waals surface area contributed by atoms with Crippen LogP contribution in [-0.4, -0.2) is 141 Å². The summed E-state index contributed by atoms with van der Waals surface area (Å²) in [6, 6.07) is 0. The van der Waals surface area contributed by atoms with Crippen molar-refractivity contribution < 1.29 is 64.5 Å². The van der Waals surface area contributed by atoms with Gasteiger partial charge in [-0.1, -0.05) is 34.6 Å². The van der Waals surface area contributed by atoms with Crippen LogP contribution in [0.5, 0.6) is 0 Å². The minimum atomic E-state index is -1.23. The molecule has 0 amide bonds. The smallest absolute Gasteiger partial charge is 0.186 e. The van der Waals surface area contributed by atoms with Gasteiger partial charge in [0.15, 0.2) is 12.6 Å². The summed E-state index contributed by atoms with van der Waals surface area (Å²) in [5.41, 5.74) is -0.467. The van der Waals surface area contributed by atoms with Crippen molar-refractivity contribution in [2.24, 2.45) is 52.3 Å². The van der Waals surface area contributed by atoms with Crippen LogP contribution in [0, 0.1) is 52.3 Å². The van der Waals surface area contributed by atoms with E-state index in [9.17, 15) is 40.9 Å². The molecule has 21 atom stereocenters. The third-order valence-electron chi connectivity index (χ3n) is 14.9. The fourth-order valence-corrected chi connectivity index (χ4v) is 12.2. The zero-order valence-corrected chi connectivity index (χ0v) is 31.2. The molecule has 296 valence electrons. The highest BCUT2D eigenvalue weighted by Gasteiger charge is 2.66. The van der Waals surface area contributed by atoms with Crippen LogP contribution in [0.2, 0.25) is 0 Å². The Hall–Kier alpha value is -0.520. The van der Waals surface area contributed by atoms with Gasteiger partial charge >= 0.3 is 0 Å². The first kappa shape index (κ1) is 40.2. The first-order valence-corrected chi connectivity index (χ1v) is 19.5. The molecule has 13 nitrogen and oxygen atoms in total. The second kappa shape index (κ2) is 15.5. The monoisotopic (exact) mass is 730 g/mol. The molecule has 0 spiro atoms. The largest absolute Gasteiger partial charge is 0.394 e. The number of rotatable bonds is 11. The summed E-state index contributed by atoms with van der Waals surface area (Å²) in [6.45, 7) is 10.4. The third-order valence-corrected chi connectivity index (χ3v) is 14.9. The maximum Gasteiger partial charge on any atom is 0.186 e. The van der Waals surface area contributed by atoms with Gasteiger partial charge in [-0.05, 0) is 97.7 Å². The molecule has 6 fully saturated rings. The molecule has 21 unspecified atom stereocenters. The van der Waals surface area contributed by atoms with E-state index in [1.54, 1.807) is 0 Å². The molecule has 2 saturated heterocycles. The Labute approximate surface area is 302 Å². The minimum absolute atomic E-state index is 0.0318. The normalized spacial score (nSPS) is 52.6. The molecule has 51 heavy (non-hydrogen) atoms. The Morgan fingerprint density at radius 2 is 1.45 bits per heavy atom. The van der Waals surface area contributed by atoms with Crippen LogP contribution in [-0.2, 0) is 23.7 Å². The Morgan fingerprint density at radius 3 is 2.10 bits per heavy atom. The SMILES string of the molecule is COC1C(OC2CCC3(C)C4CCC5(C)C(C(C)CCC(OC6OC(CO)C(O)C6O)C(C)C)CC(O)C5C4CC(O)C3C2O)OCC(O)C1O. The van der Waals surface area contributed by atoms with Gasteiger partial charge in [-0.25, -0.2) is 0 Å². The van der Waals surface area contributed by atoms with E-state index in [2.05, 4.69) is 34.6 Å². The Morgan fingerprint density at radius 1 is 0.765 bits per heavy atom. The van der Waals surface area contributed by atoms with Crippen LogP contribution in [0.4, 0.5) is 0 Å². The number of methoxy groups -OCH3 is 1. The molecular formula is C38H66O13. The second-order valence-electron chi connectivity index (χ2n) is 17.9. The van der Waals surface area contributed by atoms with Crippen LogP contribution >= 0.6 is 0 Å². The maximum atomic E-state index is 11.8.